The molecular weight excluding hydrogens is 284 g/mol. The average Bonchev–Trinajstić information content (AvgIpc) is 2.92. The van der Waals surface area contributed by atoms with E-state index in [1.54, 1.807) is 18.2 Å². The minimum atomic E-state index is -0.652. The predicted molar refractivity (Wildman–Crippen MR) is 84.0 cm³/mol. The number of rotatable bonds is 3. The molecule has 0 saturated heterocycles. The highest BCUT2D eigenvalue weighted by molar-refractivity contribution is 6.45. The normalized spacial score (nSPS) is 9.68. The van der Waals surface area contributed by atoms with Gasteiger partial charge >= 0.3 is 5.97 Å². The highest BCUT2D eigenvalue weighted by Gasteiger charge is 2.23. The Labute approximate surface area is 129 Å². The quantitative estimate of drug-likeness (QED) is 0.409. The Morgan fingerprint density at radius 2 is 1.77 bits per heavy atom. The number of amides is 1. The molecule has 22 heavy (non-hydrogen) atoms. The molecule has 0 aliphatic heterocycles. The Kier molecular flexibility index (Phi) is 5.86. The van der Waals surface area contributed by atoms with Crippen LogP contribution in [0.25, 0.3) is 10.9 Å². The fourth-order valence-corrected chi connectivity index (χ4v) is 1.89. The Balaban J connectivity index is 0.00000116. The molecule has 1 heterocycles. The molecule has 0 fully saturated rings. The van der Waals surface area contributed by atoms with Gasteiger partial charge in [-0.1, -0.05) is 19.9 Å². The molecule has 2 aromatic rings. The maximum absolute atomic E-state index is 12.1. The third-order valence-corrected chi connectivity index (χ3v) is 2.77. The number of Topliss-reactive ketones (excluding diaryl/α,β-unsaturated/α-hetero) is 1. The monoisotopic (exact) mass is 304 g/mol. The maximum Gasteiger partial charge on any atom is 0.308 e. The molecule has 6 nitrogen and oxygen atoms in total. The number of ether oxygens (including phenoxy) is 1. The summed E-state index contributed by atoms with van der Waals surface area (Å²) in [5.74, 6) is -1.52. The molecule has 0 aliphatic carbocycles. The van der Waals surface area contributed by atoms with E-state index in [-0.39, 0.29) is 11.3 Å². The van der Waals surface area contributed by atoms with E-state index >= 15 is 0 Å². The number of hydrogen-bond acceptors (Lipinski definition) is 4. The molecule has 1 aromatic carbocycles. The van der Waals surface area contributed by atoms with Gasteiger partial charge in [0.05, 0.1) is 10.9 Å². The van der Waals surface area contributed by atoms with E-state index in [0.717, 1.165) is 0 Å². The summed E-state index contributed by atoms with van der Waals surface area (Å²) in [4.78, 5) is 39.1. The van der Waals surface area contributed by atoms with E-state index in [1.165, 1.54) is 32.1 Å². The zero-order valence-corrected chi connectivity index (χ0v) is 13.4. The molecule has 0 unspecified atom stereocenters. The molecule has 1 aromatic heterocycles. The Bertz CT molecular complexity index is 701. The fourth-order valence-electron chi connectivity index (χ4n) is 1.89. The zero-order valence-electron chi connectivity index (χ0n) is 13.4. The number of nitrogens with zero attached hydrogens (tertiary/aromatic N) is 1. The third-order valence-electron chi connectivity index (χ3n) is 2.77. The van der Waals surface area contributed by atoms with Crippen molar-refractivity contribution in [2.24, 2.45) is 0 Å². The lowest BCUT2D eigenvalue weighted by Gasteiger charge is -2.09. The second kappa shape index (κ2) is 7.40. The number of aromatic amines is 1. The van der Waals surface area contributed by atoms with Crippen LogP contribution in [0.15, 0.2) is 24.4 Å². The Morgan fingerprint density at radius 3 is 2.32 bits per heavy atom. The van der Waals surface area contributed by atoms with Gasteiger partial charge in [-0.2, -0.15) is 0 Å². The summed E-state index contributed by atoms with van der Waals surface area (Å²) in [7, 11) is 3.00. The first-order valence-electron chi connectivity index (χ1n) is 6.96. The molecule has 1 N–H and O–H groups in total. The van der Waals surface area contributed by atoms with E-state index in [9.17, 15) is 14.4 Å². The average molecular weight is 304 g/mol. The summed E-state index contributed by atoms with van der Waals surface area (Å²) < 4.78 is 5.08. The number of H-pyrrole nitrogens is 1. The molecule has 0 radical (unpaired) electrons. The van der Waals surface area contributed by atoms with Crippen LogP contribution in [0, 0.1) is 0 Å². The van der Waals surface area contributed by atoms with Crippen LogP contribution in [0.3, 0.4) is 0 Å². The van der Waals surface area contributed by atoms with Crippen LogP contribution in [-0.2, 0) is 9.59 Å². The lowest BCUT2D eigenvalue weighted by molar-refractivity contribution is -0.131. The lowest BCUT2D eigenvalue weighted by Crippen LogP contribution is -2.29. The van der Waals surface area contributed by atoms with E-state index < -0.39 is 17.7 Å². The van der Waals surface area contributed by atoms with Gasteiger partial charge in [-0.3, -0.25) is 14.4 Å². The minimum absolute atomic E-state index is 0.190. The van der Waals surface area contributed by atoms with Gasteiger partial charge in [0.15, 0.2) is 0 Å². The van der Waals surface area contributed by atoms with Crippen LogP contribution in [0.5, 0.6) is 5.75 Å². The number of likely N-dealkylation sites (N-methyl/N-ethyl adjacent to an activating group) is 1. The summed E-state index contributed by atoms with van der Waals surface area (Å²) in [6, 6.07) is 5.01. The van der Waals surface area contributed by atoms with Crippen LogP contribution in [-0.4, -0.2) is 41.6 Å². The van der Waals surface area contributed by atoms with Crippen molar-refractivity contribution in [3.8, 4) is 5.75 Å². The molecule has 0 spiro atoms. The second-order valence-electron chi connectivity index (χ2n) is 4.50. The summed E-state index contributed by atoms with van der Waals surface area (Å²) in [5.41, 5.74) is 0.814. The highest BCUT2D eigenvalue weighted by atomic mass is 16.5. The van der Waals surface area contributed by atoms with Crippen molar-refractivity contribution in [3.05, 3.63) is 30.0 Å². The van der Waals surface area contributed by atoms with Crippen molar-refractivity contribution in [1.29, 1.82) is 0 Å². The molecule has 0 atom stereocenters. The van der Waals surface area contributed by atoms with E-state index in [0.29, 0.717) is 10.9 Å². The van der Waals surface area contributed by atoms with Crippen molar-refractivity contribution in [2.75, 3.05) is 14.1 Å². The highest BCUT2D eigenvalue weighted by Crippen LogP contribution is 2.29. The van der Waals surface area contributed by atoms with Crippen molar-refractivity contribution < 1.29 is 19.1 Å². The fraction of sp³-hybridized carbons (Fsp3) is 0.312. The summed E-state index contributed by atoms with van der Waals surface area (Å²) >= 11 is 0. The van der Waals surface area contributed by atoms with Crippen LogP contribution < -0.4 is 4.74 Å². The standard InChI is InChI=1S/C14H14N2O4.C2H6/c1-8(17)20-11-6-4-5-10-12(11)9(7-15-10)13(18)14(19)16(2)3;1-2/h4-7,15H,1-3H3;1-2H3. The number of ketones is 1. The van der Waals surface area contributed by atoms with Gasteiger partial charge in [-0.05, 0) is 12.1 Å². The Hall–Kier alpha value is -2.63. The first-order chi connectivity index (χ1) is 10.4. The van der Waals surface area contributed by atoms with Gasteiger partial charge in [-0.25, -0.2) is 0 Å². The van der Waals surface area contributed by atoms with Gasteiger partial charge in [0, 0.05) is 32.7 Å². The number of carbonyl (C=O) groups is 3. The largest absolute Gasteiger partial charge is 0.426 e. The minimum Gasteiger partial charge on any atom is -0.426 e. The number of fused-ring (bicyclic) bond motifs is 1. The molecule has 2 rings (SSSR count). The second-order valence-corrected chi connectivity index (χ2v) is 4.50. The molecule has 0 aliphatic rings. The molecular formula is C16H20N2O4. The topological polar surface area (TPSA) is 79.5 Å². The summed E-state index contributed by atoms with van der Waals surface area (Å²) in [5, 5.41) is 0.433. The van der Waals surface area contributed by atoms with Crippen LogP contribution in [0.4, 0.5) is 0 Å². The molecule has 0 bridgehead atoms. The van der Waals surface area contributed by atoms with Gasteiger partial charge in [0.2, 0.25) is 0 Å². The molecule has 118 valence electrons. The van der Waals surface area contributed by atoms with E-state index in [2.05, 4.69) is 4.98 Å². The van der Waals surface area contributed by atoms with Crippen molar-refractivity contribution >= 4 is 28.6 Å². The number of aromatic nitrogens is 1. The Morgan fingerprint density at radius 1 is 1.14 bits per heavy atom. The van der Waals surface area contributed by atoms with Crippen molar-refractivity contribution in [1.82, 2.24) is 9.88 Å². The van der Waals surface area contributed by atoms with Crippen LogP contribution in [0.1, 0.15) is 31.1 Å². The van der Waals surface area contributed by atoms with Crippen LogP contribution in [0.2, 0.25) is 0 Å². The van der Waals surface area contributed by atoms with Gasteiger partial charge in [0.1, 0.15) is 5.75 Å². The summed E-state index contributed by atoms with van der Waals surface area (Å²) in [6.07, 6.45) is 1.45. The SMILES string of the molecule is CC.CC(=O)Oc1cccc2[nH]cc(C(=O)C(=O)N(C)C)c12. The zero-order chi connectivity index (χ0) is 16.9. The first-order valence-corrected chi connectivity index (χ1v) is 6.96. The lowest BCUT2D eigenvalue weighted by atomic mass is 10.1. The number of benzene rings is 1. The number of hydrogen-bond donors (Lipinski definition) is 1. The molecule has 1 amide bonds. The molecule has 6 heteroatoms. The number of nitrogens with one attached hydrogen (secondary N) is 1. The van der Waals surface area contributed by atoms with E-state index in [1.807, 2.05) is 13.8 Å². The van der Waals surface area contributed by atoms with Crippen LogP contribution >= 0.6 is 0 Å². The van der Waals surface area contributed by atoms with Gasteiger partial charge in [0.25, 0.3) is 11.7 Å². The van der Waals surface area contributed by atoms with Crippen molar-refractivity contribution in [2.45, 2.75) is 20.8 Å². The molecule has 0 saturated carbocycles. The predicted octanol–water partition coefficient (Wildman–Crippen LogP) is 2.39. The first kappa shape index (κ1) is 17.4. The van der Waals surface area contributed by atoms with Crippen molar-refractivity contribution in [3.63, 3.8) is 0 Å². The van der Waals surface area contributed by atoms with Gasteiger partial charge < -0.3 is 14.6 Å². The maximum atomic E-state index is 12.1. The third kappa shape index (κ3) is 3.52. The summed E-state index contributed by atoms with van der Waals surface area (Å²) in [6.45, 7) is 5.28. The van der Waals surface area contributed by atoms with Gasteiger partial charge in [-0.15, -0.1) is 0 Å². The number of esters is 1. The van der Waals surface area contributed by atoms with E-state index in [4.69, 9.17) is 4.74 Å². The number of carbonyl (C=O) groups excluding carboxylic acids is 3. The smallest absolute Gasteiger partial charge is 0.308 e.